The van der Waals surface area contributed by atoms with Crippen LogP contribution in [0.15, 0.2) is 41.7 Å². The number of piperazine rings is 2. The third kappa shape index (κ3) is 7.24. The number of nitrogens with one attached hydrogen (secondary N) is 1. The second-order valence-corrected chi connectivity index (χ2v) is 10.7. The van der Waals surface area contributed by atoms with Crippen LogP contribution in [0.2, 0.25) is 0 Å². The maximum Gasteiger partial charge on any atom is 0.222 e. The SMILES string of the molecule is CC(=O)NCC1CC(c2ccc(N3CCN(C(=O)CCCN4CCN(c5ncccc5O)CC4)CC3)c(F)c2)=NO1. The molecule has 3 aliphatic rings. The third-order valence-electron chi connectivity index (χ3n) is 7.87. The molecule has 11 nitrogen and oxygen atoms in total. The molecule has 2 fully saturated rings. The molecule has 0 bridgehead atoms. The van der Waals surface area contributed by atoms with Crippen LogP contribution < -0.4 is 15.1 Å². The molecule has 2 N–H and O–H groups in total. The Morgan fingerprint density at radius 1 is 1.07 bits per heavy atom. The Balaban J connectivity index is 1.02. The number of hydrogen-bond donors (Lipinski definition) is 2. The van der Waals surface area contributed by atoms with E-state index in [-0.39, 0.29) is 29.5 Å². The lowest BCUT2D eigenvalue weighted by atomic mass is 10.0. The minimum absolute atomic E-state index is 0.131. The largest absolute Gasteiger partial charge is 0.504 e. The van der Waals surface area contributed by atoms with E-state index in [2.05, 4.69) is 25.3 Å². The highest BCUT2D eigenvalue weighted by molar-refractivity contribution is 6.01. The van der Waals surface area contributed by atoms with Gasteiger partial charge in [-0.15, -0.1) is 0 Å². The number of rotatable bonds is 9. The molecule has 1 atom stereocenters. The maximum absolute atomic E-state index is 15.1. The van der Waals surface area contributed by atoms with Crippen LogP contribution in [0, 0.1) is 5.82 Å². The predicted molar refractivity (Wildman–Crippen MR) is 154 cm³/mol. The summed E-state index contributed by atoms with van der Waals surface area (Å²) in [5, 5.41) is 16.8. The first kappa shape index (κ1) is 28.6. The Kier molecular flexibility index (Phi) is 9.17. The maximum atomic E-state index is 15.1. The number of carbonyl (C=O) groups is 2. The second-order valence-electron chi connectivity index (χ2n) is 10.7. The smallest absolute Gasteiger partial charge is 0.222 e. The van der Waals surface area contributed by atoms with E-state index in [4.69, 9.17) is 4.84 Å². The number of oxime groups is 1. The normalized spacial score (nSPS) is 19.6. The first-order valence-electron chi connectivity index (χ1n) is 14.3. The Bertz CT molecular complexity index is 1260. The van der Waals surface area contributed by atoms with Gasteiger partial charge in [0.05, 0.1) is 17.9 Å². The minimum atomic E-state index is -0.325. The van der Waals surface area contributed by atoms with E-state index in [1.807, 2.05) is 15.9 Å². The van der Waals surface area contributed by atoms with Crippen LogP contribution in [0.5, 0.6) is 5.75 Å². The molecule has 12 heteroatoms. The van der Waals surface area contributed by atoms with Crippen molar-refractivity contribution in [3.63, 3.8) is 0 Å². The van der Waals surface area contributed by atoms with Crippen molar-refractivity contribution in [1.82, 2.24) is 20.1 Å². The molecule has 2 amide bonds. The fourth-order valence-corrected chi connectivity index (χ4v) is 5.53. The zero-order valence-corrected chi connectivity index (χ0v) is 23.5. The first-order valence-corrected chi connectivity index (χ1v) is 14.3. The summed E-state index contributed by atoms with van der Waals surface area (Å²) in [4.78, 5) is 41.9. The molecule has 0 radical (unpaired) electrons. The van der Waals surface area contributed by atoms with Gasteiger partial charge in [-0.2, -0.15) is 0 Å². The summed E-state index contributed by atoms with van der Waals surface area (Å²) in [6.45, 7) is 8.27. The minimum Gasteiger partial charge on any atom is -0.504 e. The monoisotopic (exact) mass is 567 g/mol. The van der Waals surface area contributed by atoms with Gasteiger partial charge in [0.25, 0.3) is 0 Å². The van der Waals surface area contributed by atoms with Crippen LogP contribution >= 0.6 is 0 Å². The molecule has 1 aromatic heterocycles. The average molecular weight is 568 g/mol. The standard InChI is InChI=1S/C29H38FN7O4/c1-21(38)32-20-23-19-25(33-41-23)22-6-7-26(24(30)18-22)35-14-16-36(17-15-35)28(40)5-3-9-34-10-12-37(13-11-34)29-27(39)4-2-8-31-29/h2,4,6-8,18,23,39H,3,5,9-17,19-20H2,1H3,(H,32,38). The van der Waals surface area contributed by atoms with Crippen molar-refractivity contribution in [2.24, 2.45) is 5.16 Å². The molecule has 220 valence electrons. The Morgan fingerprint density at radius 2 is 1.83 bits per heavy atom. The van der Waals surface area contributed by atoms with Gasteiger partial charge in [-0.05, 0) is 37.2 Å². The number of aromatic nitrogens is 1. The average Bonchev–Trinajstić information content (AvgIpc) is 3.46. The molecule has 1 aromatic carbocycles. The summed E-state index contributed by atoms with van der Waals surface area (Å²) >= 11 is 0. The number of nitrogens with zero attached hydrogens (tertiary/aromatic N) is 6. The molecule has 2 saturated heterocycles. The van der Waals surface area contributed by atoms with Crippen LogP contribution in [0.1, 0.15) is 31.7 Å². The van der Waals surface area contributed by atoms with E-state index in [0.29, 0.717) is 68.3 Å². The van der Waals surface area contributed by atoms with E-state index in [9.17, 15) is 14.7 Å². The lowest BCUT2D eigenvalue weighted by Gasteiger charge is -2.37. The highest BCUT2D eigenvalue weighted by atomic mass is 19.1. The van der Waals surface area contributed by atoms with Crippen molar-refractivity contribution in [2.75, 3.05) is 75.2 Å². The summed E-state index contributed by atoms with van der Waals surface area (Å²) in [6.07, 6.45) is 3.24. The van der Waals surface area contributed by atoms with Gasteiger partial charge in [0.2, 0.25) is 11.8 Å². The number of halogens is 1. The molecule has 0 aliphatic carbocycles. The summed E-state index contributed by atoms with van der Waals surface area (Å²) < 4.78 is 15.1. The summed E-state index contributed by atoms with van der Waals surface area (Å²) in [7, 11) is 0. The lowest BCUT2D eigenvalue weighted by Crippen LogP contribution is -2.49. The Hall–Kier alpha value is -3.93. The van der Waals surface area contributed by atoms with Gasteiger partial charge in [-0.3, -0.25) is 14.5 Å². The topological polar surface area (TPSA) is 114 Å². The van der Waals surface area contributed by atoms with Gasteiger partial charge in [-0.1, -0.05) is 11.2 Å². The molecule has 1 unspecified atom stereocenters. The first-order chi connectivity index (χ1) is 19.9. The van der Waals surface area contributed by atoms with Gasteiger partial charge in [0.1, 0.15) is 11.9 Å². The zero-order valence-electron chi connectivity index (χ0n) is 23.5. The van der Waals surface area contributed by atoms with Crippen LogP contribution in [0.25, 0.3) is 0 Å². The van der Waals surface area contributed by atoms with Gasteiger partial charge in [0.15, 0.2) is 11.6 Å². The number of aromatic hydroxyl groups is 1. The molecule has 0 saturated carbocycles. The number of hydrogen-bond acceptors (Lipinski definition) is 9. The summed E-state index contributed by atoms with van der Waals surface area (Å²) in [5.41, 5.74) is 1.85. The van der Waals surface area contributed by atoms with Crippen molar-refractivity contribution in [3.05, 3.63) is 47.9 Å². The van der Waals surface area contributed by atoms with E-state index in [1.54, 1.807) is 24.4 Å². The molecule has 2 aromatic rings. The van der Waals surface area contributed by atoms with Crippen molar-refractivity contribution < 1.29 is 23.9 Å². The zero-order chi connectivity index (χ0) is 28.8. The summed E-state index contributed by atoms with van der Waals surface area (Å²) in [6, 6.07) is 8.47. The summed E-state index contributed by atoms with van der Waals surface area (Å²) in [5.74, 6) is 0.520. The van der Waals surface area contributed by atoms with Gasteiger partial charge in [0, 0.05) is 83.9 Å². The highest BCUT2D eigenvalue weighted by Gasteiger charge is 2.26. The van der Waals surface area contributed by atoms with Crippen LogP contribution in [-0.4, -0.2) is 109 Å². The lowest BCUT2D eigenvalue weighted by molar-refractivity contribution is -0.131. The van der Waals surface area contributed by atoms with Crippen molar-refractivity contribution in [2.45, 2.75) is 32.3 Å². The van der Waals surface area contributed by atoms with Gasteiger partial charge < -0.3 is 30.0 Å². The Morgan fingerprint density at radius 3 is 2.54 bits per heavy atom. The quantitative estimate of drug-likeness (QED) is 0.472. The molecule has 3 aliphatic heterocycles. The number of benzene rings is 1. The number of pyridine rings is 1. The number of anilines is 2. The van der Waals surface area contributed by atoms with Crippen molar-refractivity contribution in [3.8, 4) is 5.75 Å². The van der Waals surface area contributed by atoms with Crippen LogP contribution in [0.4, 0.5) is 15.9 Å². The van der Waals surface area contributed by atoms with Crippen LogP contribution in [-0.2, 0) is 14.4 Å². The third-order valence-corrected chi connectivity index (χ3v) is 7.87. The molecule has 4 heterocycles. The number of amides is 2. The molecule has 41 heavy (non-hydrogen) atoms. The predicted octanol–water partition coefficient (Wildman–Crippen LogP) is 1.81. The van der Waals surface area contributed by atoms with E-state index in [0.717, 1.165) is 39.1 Å². The van der Waals surface area contributed by atoms with E-state index < -0.39 is 0 Å². The highest BCUT2D eigenvalue weighted by Crippen LogP contribution is 2.26. The van der Waals surface area contributed by atoms with Crippen LogP contribution in [0.3, 0.4) is 0 Å². The molecular formula is C29H38FN7O4. The van der Waals surface area contributed by atoms with Crippen molar-refractivity contribution in [1.29, 1.82) is 0 Å². The fraction of sp³-hybridized carbons (Fsp3) is 0.517. The molecular weight excluding hydrogens is 529 g/mol. The number of carbonyl (C=O) groups excluding carboxylic acids is 2. The van der Waals surface area contributed by atoms with Gasteiger partial charge >= 0.3 is 0 Å². The fourth-order valence-electron chi connectivity index (χ4n) is 5.53. The van der Waals surface area contributed by atoms with Crippen molar-refractivity contribution >= 4 is 29.0 Å². The van der Waals surface area contributed by atoms with E-state index >= 15 is 4.39 Å². The second kappa shape index (κ2) is 13.2. The molecule has 5 rings (SSSR count). The van der Waals surface area contributed by atoms with E-state index in [1.165, 1.54) is 13.0 Å². The van der Waals surface area contributed by atoms with Gasteiger partial charge in [-0.25, -0.2) is 9.37 Å². The molecule has 0 spiro atoms. The Labute approximate surface area is 239 Å².